The van der Waals surface area contributed by atoms with Crippen molar-refractivity contribution in [2.24, 2.45) is 0 Å². The van der Waals surface area contributed by atoms with E-state index in [4.69, 9.17) is 14.2 Å². The van der Waals surface area contributed by atoms with E-state index in [0.717, 1.165) is 17.0 Å². The maximum atomic E-state index is 5.44. The van der Waals surface area contributed by atoms with Crippen LogP contribution in [0.2, 0.25) is 0 Å². The number of fused-ring (bicyclic) bond motifs is 1. The lowest BCUT2D eigenvalue weighted by molar-refractivity contribution is 0.171. The number of hydrogen-bond donors (Lipinski definition) is 1. The standard InChI is InChI=1S/C16H17NO3S/c1-18-14-6-11(7-15-16(14)20-10-19-15)9-17-12-4-3-5-13(8-12)21-2/h3-8,17H,9-10H2,1-2H3. The molecule has 0 aliphatic carbocycles. The molecule has 0 unspecified atom stereocenters. The lowest BCUT2D eigenvalue weighted by Crippen LogP contribution is -2.00. The van der Waals surface area contributed by atoms with Crippen molar-refractivity contribution >= 4 is 17.4 Å². The molecule has 0 radical (unpaired) electrons. The highest BCUT2D eigenvalue weighted by atomic mass is 32.2. The third kappa shape index (κ3) is 3.03. The van der Waals surface area contributed by atoms with Gasteiger partial charge in [-0.2, -0.15) is 0 Å². The Labute approximate surface area is 128 Å². The van der Waals surface area contributed by atoms with Crippen molar-refractivity contribution in [1.82, 2.24) is 0 Å². The van der Waals surface area contributed by atoms with Crippen LogP contribution < -0.4 is 19.5 Å². The van der Waals surface area contributed by atoms with Crippen LogP contribution in [0.4, 0.5) is 5.69 Å². The molecule has 0 atom stereocenters. The number of nitrogens with one attached hydrogen (secondary N) is 1. The normalized spacial score (nSPS) is 12.3. The fourth-order valence-electron chi connectivity index (χ4n) is 2.22. The third-order valence-corrected chi connectivity index (χ3v) is 4.01. The number of ether oxygens (including phenoxy) is 3. The third-order valence-electron chi connectivity index (χ3n) is 3.28. The predicted molar refractivity (Wildman–Crippen MR) is 84.7 cm³/mol. The van der Waals surface area contributed by atoms with Crippen LogP contribution in [0.15, 0.2) is 41.3 Å². The van der Waals surface area contributed by atoms with Crippen LogP contribution in [0.1, 0.15) is 5.56 Å². The van der Waals surface area contributed by atoms with Crippen LogP contribution in [0.3, 0.4) is 0 Å². The molecule has 1 heterocycles. The zero-order valence-electron chi connectivity index (χ0n) is 12.0. The Morgan fingerprint density at radius 1 is 1.24 bits per heavy atom. The molecule has 3 rings (SSSR count). The Hall–Kier alpha value is -2.01. The largest absolute Gasteiger partial charge is 0.493 e. The van der Waals surface area contributed by atoms with Gasteiger partial charge < -0.3 is 19.5 Å². The highest BCUT2D eigenvalue weighted by molar-refractivity contribution is 7.98. The minimum atomic E-state index is 0.248. The van der Waals surface area contributed by atoms with Gasteiger partial charge in [0.15, 0.2) is 11.5 Å². The van der Waals surface area contributed by atoms with Crippen molar-refractivity contribution in [1.29, 1.82) is 0 Å². The van der Waals surface area contributed by atoms with Crippen molar-refractivity contribution < 1.29 is 14.2 Å². The van der Waals surface area contributed by atoms with Gasteiger partial charge in [-0.1, -0.05) is 6.07 Å². The number of benzene rings is 2. The number of rotatable bonds is 5. The molecular weight excluding hydrogens is 286 g/mol. The van der Waals surface area contributed by atoms with Crippen molar-refractivity contribution in [2.75, 3.05) is 25.5 Å². The molecule has 1 aliphatic rings. The summed E-state index contributed by atoms with van der Waals surface area (Å²) >= 11 is 1.73. The minimum Gasteiger partial charge on any atom is -0.493 e. The van der Waals surface area contributed by atoms with Gasteiger partial charge in [0.2, 0.25) is 12.5 Å². The van der Waals surface area contributed by atoms with E-state index < -0.39 is 0 Å². The summed E-state index contributed by atoms with van der Waals surface area (Å²) in [5.74, 6) is 2.13. The van der Waals surface area contributed by atoms with E-state index >= 15 is 0 Å². The average Bonchev–Trinajstić information content (AvgIpc) is 3.00. The maximum absolute atomic E-state index is 5.44. The molecule has 1 aliphatic heterocycles. The summed E-state index contributed by atoms with van der Waals surface area (Å²) in [6.45, 7) is 0.948. The minimum absolute atomic E-state index is 0.248. The first kappa shape index (κ1) is 13.9. The van der Waals surface area contributed by atoms with E-state index in [1.165, 1.54) is 4.90 Å². The SMILES string of the molecule is COc1cc(CNc2cccc(SC)c2)cc2c1OCO2. The summed E-state index contributed by atoms with van der Waals surface area (Å²) in [6, 6.07) is 12.3. The molecule has 2 aromatic carbocycles. The van der Waals surface area contributed by atoms with Gasteiger partial charge in [-0.25, -0.2) is 0 Å². The quantitative estimate of drug-likeness (QED) is 0.852. The predicted octanol–water partition coefficient (Wildman–Crippen LogP) is 3.76. The number of anilines is 1. The van der Waals surface area contributed by atoms with Gasteiger partial charge in [-0.05, 0) is 42.2 Å². The van der Waals surface area contributed by atoms with Gasteiger partial charge in [0.05, 0.1) is 7.11 Å². The summed E-state index contributed by atoms with van der Waals surface area (Å²) in [6.07, 6.45) is 2.07. The molecule has 0 fully saturated rings. The maximum Gasteiger partial charge on any atom is 0.231 e. The summed E-state index contributed by atoms with van der Waals surface area (Å²) in [4.78, 5) is 1.24. The van der Waals surface area contributed by atoms with Gasteiger partial charge in [-0.15, -0.1) is 11.8 Å². The van der Waals surface area contributed by atoms with Crippen LogP contribution in [0, 0.1) is 0 Å². The fraction of sp³-hybridized carbons (Fsp3) is 0.250. The molecule has 110 valence electrons. The molecule has 0 spiro atoms. The molecule has 4 nitrogen and oxygen atoms in total. The summed E-state index contributed by atoms with van der Waals surface area (Å²) in [5, 5.41) is 3.41. The van der Waals surface area contributed by atoms with E-state index in [1.54, 1.807) is 18.9 Å². The topological polar surface area (TPSA) is 39.7 Å². The summed E-state index contributed by atoms with van der Waals surface area (Å²) in [5.41, 5.74) is 2.18. The van der Waals surface area contributed by atoms with Crippen molar-refractivity contribution in [3.8, 4) is 17.2 Å². The molecule has 1 N–H and O–H groups in total. The van der Waals surface area contributed by atoms with Crippen molar-refractivity contribution in [3.63, 3.8) is 0 Å². The smallest absolute Gasteiger partial charge is 0.231 e. The molecule has 0 bridgehead atoms. The van der Waals surface area contributed by atoms with E-state index in [-0.39, 0.29) is 6.79 Å². The molecule has 5 heteroatoms. The molecular formula is C16H17NO3S. The van der Waals surface area contributed by atoms with Crippen LogP contribution in [-0.2, 0) is 6.54 Å². The Balaban J connectivity index is 1.76. The fourth-order valence-corrected chi connectivity index (χ4v) is 2.68. The second-order valence-electron chi connectivity index (χ2n) is 4.62. The van der Waals surface area contributed by atoms with Gasteiger partial charge in [0.1, 0.15) is 0 Å². The number of methoxy groups -OCH3 is 1. The molecule has 0 saturated heterocycles. The first-order valence-electron chi connectivity index (χ1n) is 6.64. The Morgan fingerprint density at radius 3 is 2.95 bits per heavy atom. The van der Waals surface area contributed by atoms with Crippen LogP contribution in [-0.4, -0.2) is 20.2 Å². The van der Waals surface area contributed by atoms with E-state index in [9.17, 15) is 0 Å². The molecule has 0 aromatic heterocycles. The first-order chi connectivity index (χ1) is 10.3. The van der Waals surface area contributed by atoms with Gasteiger partial charge in [-0.3, -0.25) is 0 Å². The van der Waals surface area contributed by atoms with Crippen molar-refractivity contribution in [3.05, 3.63) is 42.0 Å². The van der Waals surface area contributed by atoms with E-state index in [2.05, 4.69) is 29.8 Å². The van der Waals surface area contributed by atoms with Gasteiger partial charge in [0, 0.05) is 17.1 Å². The monoisotopic (exact) mass is 303 g/mol. The zero-order chi connectivity index (χ0) is 14.7. The second kappa shape index (κ2) is 6.18. The molecule has 0 amide bonds. The van der Waals surface area contributed by atoms with Crippen LogP contribution in [0.25, 0.3) is 0 Å². The van der Waals surface area contributed by atoms with E-state index in [0.29, 0.717) is 18.0 Å². The Morgan fingerprint density at radius 2 is 2.14 bits per heavy atom. The van der Waals surface area contributed by atoms with Crippen molar-refractivity contribution in [2.45, 2.75) is 11.4 Å². The number of hydrogen-bond acceptors (Lipinski definition) is 5. The number of thioether (sulfide) groups is 1. The molecule has 21 heavy (non-hydrogen) atoms. The Bertz CT molecular complexity index is 645. The second-order valence-corrected chi connectivity index (χ2v) is 5.50. The Kier molecular flexibility index (Phi) is 4.10. The zero-order valence-corrected chi connectivity index (χ0v) is 12.8. The summed E-state index contributed by atoms with van der Waals surface area (Å²) in [7, 11) is 1.64. The highest BCUT2D eigenvalue weighted by Crippen LogP contribution is 2.41. The van der Waals surface area contributed by atoms with Gasteiger partial charge >= 0.3 is 0 Å². The van der Waals surface area contributed by atoms with E-state index in [1.807, 2.05) is 18.2 Å². The van der Waals surface area contributed by atoms with Gasteiger partial charge in [0.25, 0.3) is 0 Å². The lowest BCUT2D eigenvalue weighted by Gasteiger charge is -2.10. The summed E-state index contributed by atoms with van der Waals surface area (Å²) < 4.78 is 16.2. The molecule has 0 saturated carbocycles. The highest BCUT2D eigenvalue weighted by Gasteiger charge is 2.19. The lowest BCUT2D eigenvalue weighted by atomic mass is 10.1. The van der Waals surface area contributed by atoms with Crippen LogP contribution >= 0.6 is 11.8 Å². The van der Waals surface area contributed by atoms with Crippen LogP contribution in [0.5, 0.6) is 17.2 Å². The first-order valence-corrected chi connectivity index (χ1v) is 7.87. The molecule has 2 aromatic rings. The average molecular weight is 303 g/mol.